The highest BCUT2D eigenvalue weighted by molar-refractivity contribution is 9.10. The molecule has 0 amide bonds. The fourth-order valence-electron chi connectivity index (χ4n) is 2.06. The topological polar surface area (TPSA) is 78.8 Å². The first-order valence-corrected chi connectivity index (χ1v) is 8.95. The van der Waals surface area contributed by atoms with Gasteiger partial charge in [-0.25, -0.2) is 8.42 Å². The Hall–Kier alpha value is -0.760. The van der Waals surface area contributed by atoms with Crippen molar-refractivity contribution in [1.29, 1.82) is 0 Å². The van der Waals surface area contributed by atoms with Crippen LogP contribution in [0.4, 0.5) is 0 Å². The molecular weight excluding hydrogens is 344 g/mol. The highest BCUT2D eigenvalue weighted by Gasteiger charge is 2.35. The lowest BCUT2D eigenvalue weighted by molar-refractivity contribution is 0.167. The van der Waals surface area contributed by atoms with Gasteiger partial charge in [0.1, 0.15) is 0 Å². The lowest BCUT2D eigenvalue weighted by Gasteiger charge is -2.13. The molecule has 2 atom stereocenters. The first-order valence-electron chi connectivity index (χ1n) is 6.33. The Labute approximate surface area is 127 Å². The number of halogens is 1. The standard InChI is InChI=1S/C13H17BrN2O3S/c14-11-3-1-10(2-4-11)7-15-5-6-16-12-8-20(18,19)9-13(12)17/h1-4,7,12-13,16-17H,5-6,8-9H2. The second-order valence-corrected chi connectivity index (χ2v) is 7.86. The second kappa shape index (κ2) is 6.80. The number of aliphatic hydroxyl groups is 1. The summed E-state index contributed by atoms with van der Waals surface area (Å²) in [5.74, 6) is -0.141. The monoisotopic (exact) mass is 360 g/mol. The molecule has 2 rings (SSSR count). The Morgan fingerprint density at radius 1 is 1.35 bits per heavy atom. The van der Waals surface area contributed by atoms with Crippen molar-refractivity contribution in [3.63, 3.8) is 0 Å². The first-order chi connectivity index (χ1) is 9.46. The van der Waals surface area contributed by atoms with Crippen LogP contribution >= 0.6 is 15.9 Å². The third kappa shape index (κ3) is 4.66. The molecule has 2 N–H and O–H groups in total. The summed E-state index contributed by atoms with van der Waals surface area (Å²) >= 11 is 3.36. The van der Waals surface area contributed by atoms with E-state index in [1.807, 2.05) is 24.3 Å². The van der Waals surface area contributed by atoms with Crippen molar-refractivity contribution in [1.82, 2.24) is 5.32 Å². The maximum absolute atomic E-state index is 11.3. The first kappa shape index (κ1) is 15.6. The maximum atomic E-state index is 11.3. The minimum Gasteiger partial charge on any atom is -0.390 e. The number of hydrogen-bond donors (Lipinski definition) is 2. The van der Waals surface area contributed by atoms with E-state index >= 15 is 0 Å². The van der Waals surface area contributed by atoms with Crippen molar-refractivity contribution >= 4 is 32.0 Å². The molecule has 1 saturated heterocycles. The zero-order valence-corrected chi connectivity index (χ0v) is 13.3. The zero-order valence-electron chi connectivity index (χ0n) is 10.9. The second-order valence-electron chi connectivity index (χ2n) is 4.79. The van der Waals surface area contributed by atoms with E-state index in [1.54, 1.807) is 6.21 Å². The Kier molecular flexibility index (Phi) is 5.31. The lowest BCUT2D eigenvalue weighted by atomic mass is 10.2. The van der Waals surface area contributed by atoms with Crippen LogP contribution in [0.5, 0.6) is 0 Å². The summed E-state index contributed by atoms with van der Waals surface area (Å²) in [6, 6.07) is 7.42. The van der Waals surface area contributed by atoms with Crippen LogP contribution in [-0.4, -0.2) is 56.5 Å². The average Bonchev–Trinajstić information content (AvgIpc) is 2.64. The SMILES string of the molecule is O=S1(=O)CC(O)C(NCCN=Cc2ccc(Br)cc2)C1. The molecule has 0 radical (unpaired) electrons. The van der Waals surface area contributed by atoms with Gasteiger partial charge in [-0.05, 0) is 17.7 Å². The number of sulfone groups is 1. The van der Waals surface area contributed by atoms with E-state index < -0.39 is 15.9 Å². The molecule has 7 heteroatoms. The summed E-state index contributed by atoms with van der Waals surface area (Å²) < 4.78 is 23.7. The number of aliphatic imine (C=N–C) groups is 1. The van der Waals surface area contributed by atoms with Crippen LogP contribution in [-0.2, 0) is 9.84 Å². The average molecular weight is 361 g/mol. The van der Waals surface area contributed by atoms with Crippen LogP contribution in [0.3, 0.4) is 0 Å². The molecule has 1 aromatic rings. The van der Waals surface area contributed by atoms with Gasteiger partial charge in [0.05, 0.1) is 24.2 Å². The molecule has 2 unspecified atom stereocenters. The summed E-state index contributed by atoms with van der Waals surface area (Å²) in [6.07, 6.45) is 0.964. The summed E-state index contributed by atoms with van der Waals surface area (Å²) in [6.45, 7) is 1.09. The normalized spacial score (nSPS) is 25.3. The van der Waals surface area contributed by atoms with E-state index in [2.05, 4.69) is 26.2 Å². The fraction of sp³-hybridized carbons (Fsp3) is 0.462. The predicted molar refractivity (Wildman–Crippen MR) is 83.1 cm³/mol. The van der Waals surface area contributed by atoms with Crippen molar-refractivity contribution in [2.45, 2.75) is 12.1 Å². The molecule has 1 heterocycles. The van der Waals surface area contributed by atoms with Crippen LogP contribution in [0.25, 0.3) is 0 Å². The number of rotatable bonds is 5. The molecular formula is C13H17BrN2O3S. The van der Waals surface area contributed by atoms with Gasteiger partial charge in [-0.3, -0.25) is 4.99 Å². The predicted octanol–water partition coefficient (Wildman–Crippen LogP) is 0.616. The zero-order chi connectivity index (χ0) is 14.6. The third-order valence-corrected chi connectivity index (χ3v) is 5.33. The summed E-state index contributed by atoms with van der Waals surface area (Å²) in [5.41, 5.74) is 1.01. The third-order valence-electron chi connectivity index (χ3n) is 3.08. The molecule has 20 heavy (non-hydrogen) atoms. The Morgan fingerprint density at radius 3 is 2.65 bits per heavy atom. The van der Waals surface area contributed by atoms with E-state index in [1.165, 1.54) is 0 Å². The number of hydrogen-bond acceptors (Lipinski definition) is 5. The van der Waals surface area contributed by atoms with Crippen molar-refractivity contribution in [2.75, 3.05) is 24.6 Å². The Bertz CT molecular complexity index is 572. The minimum absolute atomic E-state index is 0.00456. The lowest BCUT2D eigenvalue weighted by Crippen LogP contribution is -2.40. The molecule has 1 fully saturated rings. The van der Waals surface area contributed by atoms with Gasteiger partial charge in [0.15, 0.2) is 9.84 Å². The van der Waals surface area contributed by atoms with Crippen molar-refractivity contribution in [3.8, 4) is 0 Å². The van der Waals surface area contributed by atoms with Crippen molar-refractivity contribution in [3.05, 3.63) is 34.3 Å². The highest BCUT2D eigenvalue weighted by Crippen LogP contribution is 2.12. The summed E-state index contributed by atoms with van der Waals surface area (Å²) in [7, 11) is -3.09. The molecule has 0 aliphatic carbocycles. The quantitative estimate of drug-likeness (QED) is 0.595. The highest BCUT2D eigenvalue weighted by atomic mass is 79.9. The molecule has 0 bridgehead atoms. The molecule has 0 aromatic heterocycles. The maximum Gasteiger partial charge on any atom is 0.154 e. The van der Waals surface area contributed by atoms with Crippen molar-refractivity contribution in [2.24, 2.45) is 4.99 Å². The number of nitrogens with zero attached hydrogens (tertiary/aromatic N) is 1. The van der Waals surface area contributed by atoms with E-state index in [4.69, 9.17) is 0 Å². The van der Waals surface area contributed by atoms with Crippen molar-refractivity contribution < 1.29 is 13.5 Å². The van der Waals surface area contributed by atoms with Gasteiger partial charge in [0.2, 0.25) is 0 Å². The van der Waals surface area contributed by atoms with Gasteiger partial charge in [-0.1, -0.05) is 28.1 Å². The Balaban J connectivity index is 1.73. The molecule has 1 aliphatic heterocycles. The molecule has 110 valence electrons. The van der Waals surface area contributed by atoms with Crippen LogP contribution < -0.4 is 5.32 Å². The molecule has 1 aliphatic rings. The van der Waals surface area contributed by atoms with Gasteiger partial charge < -0.3 is 10.4 Å². The molecule has 0 saturated carbocycles. The van der Waals surface area contributed by atoms with E-state index in [9.17, 15) is 13.5 Å². The van der Waals surface area contributed by atoms with Crippen LogP contribution in [0.15, 0.2) is 33.7 Å². The van der Waals surface area contributed by atoms with Crippen LogP contribution in [0.1, 0.15) is 5.56 Å². The number of nitrogens with one attached hydrogen (secondary N) is 1. The van der Waals surface area contributed by atoms with Crippen LogP contribution in [0.2, 0.25) is 0 Å². The Morgan fingerprint density at radius 2 is 2.05 bits per heavy atom. The number of benzene rings is 1. The minimum atomic E-state index is -3.09. The summed E-state index contributed by atoms with van der Waals surface area (Å²) in [5, 5.41) is 12.6. The van der Waals surface area contributed by atoms with Gasteiger partial charge in [-0.15, -0.1) is 0 Å². The van der Waals surface area contributed by atoms with E-state index in [-0.39, 0.29) is 17.5 Å². The fourth-order valence-corrected chi connectivity index (χ4v) is 4.10. The van der Waals surface area contributed by atoms with Gasteiger partial charge in [0.25, 0.3) is 0 Å². The van der Waals surface area contributed by atoms with Gasteiger partial charge in [0, 0.05) is 23.3 Å². The van der Waals surface area contributed by atoms with Gasteiger partial charge in [-0.2, -0.15) is 0 Å². The largest absolute Gasteiger partial charge is 0.390 e. The number of aliphatic hydroxyl groups excluding tert-OH is 1. The van der Waals surface area contributed by atoms with Gasteiger partial charge >= 0.3 is 0 Å². The smallest absolute Gasteiger partial charge is 0.154 e. The van der Waals surface area contributed by atoms with E-state index in [0.29, 0.717) is 13.1 Å². The molecule has 0 spiro atoms. The molecule has 5 nitrogen and oxygen atoms in total. The summed E-state index contributed by atoms with van der Waals surface area (Å²) in [4.78, 5) is 4.26. The van der Waals surface area contributed by atoms with E-state index in [0.717, 1.165) is 10.0 Å². The van der Waals surface area contributed by atoms with Crippen LogP contribution in [0, 0.1) is 0 Å². The molecule has 1 aromatic carbocycles.